The second-order valence-electron chi connectivity index (χ2n) is 7.37. The first-order valence-electron chi connectivity index (χ1n) is 8.74. The summed E-state index contributed by atoms with van der Waals surface area (Å²) in [4.78, 5) is 29.2. The van der Waals surface area contributed by atoms with Crippen molar-refractivity contribution >= 4 is 17.5 Å². The highest BCUT2D eigenvalue weighted by Gasteiger charge is 2.44. The van der Waals surface area contributed by atoms with Crippen LogP contribution < -0.4 is 4.90 Å². The molecule has 0 saturated carbocycles. The van der Waals surface area contributed by atoms with Crippen LogP contribution in [0.15, 0.2) is 48.5 Å². The van der Waals surface area contributed by atoms with Gasteiger partial charge in [-0.3, -0.25) is 9.59 Å². The topological polar surface area (TPSA) is 40.6 Å². The van der Waals surface area contributed by atoms with Crippen molar-refractivity contribution in [1.82, 2.24) is 4.90 Å². The van der Waals surface area contributed by atoms with Gasteiger partial charge < -0.3 is 9.80 Å². The number of para-hydroxylation sites is 1. The highest BCUT2D eigenvalue weighted by atomic mass is 16.2. The van der Waals surface area contributed by atoms with Crippen LogP contribution in [-0.2, 0) is 28.0 Å². The van der Waals surface area contributed by atoms with E-state index >= 15 is 0 Å². The lowest BCUT2D eigenvalue weighted by Gasteiger charge is -2.30. The molecular weight excluding hydrogens is 312 g/mol. The summed E-state index contributed by atoms with van der Waals surface area (Å²) in [5.74, 6) is 0.00909. The van der Waals surface area contributed by atoms with Gasteiger partial charge in [-0.05, 0) is 43.0 Å². The molecule has 2 aromatic carbocycles. The van der Waals surface area contributed by atoms with Crippen molar-refractivity contribution in [2.24, 2.45) is 0 Å². The lowest BCUT2D eigenvalue weighted by Crippen LogP contribution is -2.45. The highest BCUT2D eigenvalue weighted by molar-refractivity contribution is 6.10. The Labute approximate surface area is 148 Å². The smallest absolute Gasteiger partial charge is 0.242 e. The minimum atomic E-state index is -0.578. The fourth-order valence-corrected chi connectivity index (χ4v) is 3.90. The quantitative estimate of drug-likeness (QED) is 0.847. The van der Waals surface area contributed by atoms with Crippen LogP contribution in [0.3, 0.4) is 0 Å². The minimum Gasteiger partial charge on any atom is -0.336 e. The predicted octanol–water partition coefficient (Wildman–Crippen LogP) is 2.90. The van der Waals surface area contributed by atoms with E-state index in [1.54, 1.807) is 4.90 Å². The normalized spacial score (nSPS) is 18.1. The Bertz CT molecular complexity index is 856. The number of carbonyl (C=O) groups is 2. The van der Waals surface area contributed by atoms with Crippen molar-refractivity contribution < 1.29 is 9.59 Å². The van der Waals surface area contributed by atoms with Gasteiger partial charge in [0.1, 0.15) is 6.54 Å². The molecule has 128 valence electrons. The Hall–Kier alpha value is -2.62. The van der Waals surface area contributed by atoms with E-state index in [0.717, 1.165) is 17.7 Å². The fraction of sp³-hybridized carbons (Fsp3) is 0.333. The number of nitrogens with zero attached hydrogens (tertiary/aromatic N) is 2. The molecule has 0 aliphatic carbocycles. The van der Waals surface area contributed by atoms with E-state index in [0.29, 0.717) is 13.1 Å². The maximum absolute atomic E-state index is 12.9. The molecule has 2 aliphatic rings. The van der Waals surface area contributed by atoms with Gasteiger partial charge in [-0.15, -0.1) is 0 Å². The molecule has 0 bridgehead atoms. The van der Waals surface area contributed by atoms with Crippen molar-refractivity contribution in [2.75, 3.05) is 18.0 Å². The van der Waals surface area contributed by atoms with E-state index in [-0.39, 0.29) is 18.4 Å². The van der Waals surface area contributed by atoms with E-state index in [1.807, 2.05) is 55.1 Å². The standard InChI is InChI=1S/C21H22N2O2/c1-21(2)17-9-5-6-10-18(17)23(20(21)25)14-19(24)22-12-11-15-7-3-4-8-16(15)13-22/h3-10H,11-14H2,1-2H3. The Morgan fingerprint density at radius 3 is 2.52 bits per heavy atom. The van der Waals surface area contributed by atoms with Crippen molar-refractivity contribution in [2.45, 2.75) is 32.2 Å². The number of anilines is 1. The molecule has 0 unspecified atom stereocenters. The van der Waals surface area contributed by atoms with Crippen LogP contribution in [-0.4, -0.2) is 29.8 Å². The fourth-order valence-electron chi connectivity index (χ4n) is 3.90. The molecule has 0 fully saturated rings. The van der Waals surface area contributed by atoms with Gasteiger partial charge in [-0.1, -0.05) is 42.5 Å². The third-order valence-corrected chi connectivity index (χ3v) is 5.42. The van der Waals surface area contributed by atoms with Crippen molar-refractivity contribution in [3.8, 4) is 0 Å². The van der Waals surface area contributed by atoms with Gasteiger partial charge in [-0.25, -0.2) is 0 Å². The summed E-state index contributed by atoms with van der Waals surface area (Å²) in [6, 6.07) is 16.0. The Morgan fingerprint density at radius 1 is 1.04 bits per heavy atom. The average Bonchev–Trinajstić information content (AvgIpc) is 2.82. The number of amides is 2. The number of hydrogen-bond acceptors (Lipinski definition) is 2. The third kappa shape index (κ3) is 2.53. The maximum Gasteiger partial charge on any atom is 0.242 e. The lowest BCUT2D eigenvalue weighted by atomic mass is 9.86. The highest BCUT2D eigenvalue weighted by Crippen LogP contribution is 2.41. The van der Waals surface area contributed by atoms with Crippen molar-refractivity contribution in [3.05, 3.63) is 65.2 Å². The second kappa shape index (κ2) is 5.73. The number of rotatable bonds is 2. The van der Waals surface area contributed by atoms with Crippen LogP contribution >= 0.6 is 0 Å². The molecule has 0 aromatic heterocycles. The van der Waals surface area contributed by atoms with E-state index < -0.39 is 5.41 Å². The second-order valence-corrected chi connectivity index (χ2v) is 7.37. The Kier molecular flexibility index (Phi) is 3.64. The number of benzene rings is 2. The zero-order valence-electron chi connectivity index (χ0n) is 14.7. The lowest BCUT2D eigenvalue weighted by molar-refractivity contribution is -0.132. The van der Waals surface area contributed by atoms with Crippen LogP contribution in [0.1, 0.15) is 30.5 Å². The summed E-state index contributed by atoms with van der Waals surface area (Å²) in [5, 5.41) is 0. The molecule has 0 saturated heterocycles. The first kappa shape index (κ1) is 15.9. The monoisotopic (exact) mass is 334 g/mol. The van der Waals surface area contributed by atoms with E-state index in [4.69, 9.17) is 0 Å². The van der Waals surface area contributed by atoms with Gasteiger partial charge >= 0.3 is 0 Å². The molecule has 0 radical (unpaired) electrons. The third-order valence-electron chi connectivity index (χ3n) is 5.42. The van der Waals surface area contributed by atoms with E-state index in [9.17, 15) is 9.59 Å². The molecule has 2 aromatic rings. The largest absolute Gasteiger partial charge is 0.336 e. The van der Waals surface area contributed by atoms with E-state index in [1.165, 1.54) is 11.1 Å². The van der Waals surface area contributed by atoms with Crippen LogP contribution in [0, 0.1) is 0 Å². The van der Waals surface area contributed by atoms with Crippen LogP contribution in [0.4, 0.5) is 5.69 Å². The summed E-state index contributed by atoms with van der Waals surface area (Å²) < 4.78 is 0. The van der Waals surface area contributed by atoms with Gasteiger partial charge in [0.15, 0.2) is 0 Å². The summed E-state index contributed by atoms with van der Waals surface area (Å²) in [6.45, 7) is 5.30. The van der Waals surface area contributed by atoms with Crippen molar-refractivity contribution in [1.29, 1.82) is 0 Å². The van der Waals surface area contributed by atoms with Gasteiger partial charge in [0, 0.05) is 18.8 Å². The van der Waals surface area contributed by atoms with Gasteiger partial charge in [0.2, 0.25) is 11.8 Å². The summed E-state index contributed by atoms with van der Waals surface area (Å²) >= 11 is 0. The summed E-state index contributed by atoms with van der Waals surface area (Å²) in [7, 11) is 0. The van der Waals surface area contributed by atoms with Crippen molar-refractivity contribution in [3.63, 3.8) is 0 Å². The first-order chi connectivity index (χ1) is 12.0. The minimum absolute atomic E-state index is 0.000500. The molecule has 0 atom stereocenters. The average molecular weight is 334 g/mol. The van der Waals surface area contributed by atoms with Gasteiger partial charge in [0.25, 0.3) is 0 Å². The molecular formula is C21H22N2O2. The number of carbonyl (C=O) groups excluding carboxylic acids is 2. The van der Waals surface area contributed by atoms with Crippen LogP contribution in [0.5, 0.6) is 0 Å². The molecule has 25 heavy (non-hydrogen) atoms. The molecule has 2 amide bonds. The first-order valence-corrected chi connectivity index (χ1v) is 8.74. The summed E-state index contributed by atoms with van der Waals surface area (Å²) in [6.07, 6.45) is 0.873. The number of fused-ring (bicyclic) bond motifs is 2. The van der Waals surface area contributed by atoms with Gasteiger partial charge in [-0.2, -0.15) is 0 Å². The van der Waals surface area contributed by atoms with Gasteiger partial charge in [0.05, 0.1) is 5.41 Å². The SMILES string of the molecule is CC1(C)C(=O)N(CC(=O)N2CCc3ccccc3C2)c2ccccc21. The van der Waals surface area contributed by atoms with Crippen LogP contribution in [0.2, 0.25) is 0 Å². The molecule has 4 rings (SSSR count). The number of hydrogen-bond donors (Lipinski definition) is 0. The molecule has 4 nitrogen and oxygen atoms in total. The summed E-state index contributed by atoms with van der Waals surface area (Å²) in [5.41, 5.74) is 3.80. The van der Waals surface area contributed by atoms with E-state index in [2.05, 4.69) is 12.1 Å². The Balaban J connectivity index is 1.55. The molecule has 0 spiro atoms. The maximum atomic E-state index is 12.9. The predicted molar refractivity (Wildman–Crippen MR) is 97.4 cm³/mol. The van der Waals surface area contributed by atoms with Crippen LogP contribution in [0.25, 0.3) is 0 Å². The Morgan fingerprint density at radius 2 is 1.72 bits per heavy atom. The zero-order chi connectivity index (χ0) is 17.6. The molecule has 0 N–H and O–H groups in total. The zero-order valence-corrected chi connectivity index (χ0v) is 14.7. The molecule has 4 heteroatoms. The molecule has 2 aliphatic heterocycles. The molecule has 2 heterocycles.